The van der Waals surface area contributed by atoms with E-state index in [4.69, 9.17) is 0 Å². The average molecular weight is 197 g/mol. The van der Waals surface area contributed by atoms with E-state index in [0.29, 0.717) is 5.92 Å². The van der Waals surface area contributed by atoms with Crippen molar-refractivity contribution < 1.29 is 10.2 Å². The molecule has 0 spiro atoms. The van der Waals surface area contributed by atoms with Gasteiger partial charge in [-0.15, -0.1) is 0 Å². The van der Waals surface area contributed by atoms with E-state index >= 15 is 0 Å². The van der Waals surface area contributed by atoms with Gasteiger partial charge in [-0.1, -0.05) is 0 Å². The number of hydrogen-bond acceptors (Lipinski definition) is 3. The predicted octanol–water partition coefficient (Wildman–Crippen LogP) is 0.119. The Labute approximate surface area is 84.5 Å². The minimum atomic E-state index is -0.560. The van der Waals surface area contributed by atoms with Gasteiger partial charge in [-0.25, -0.2) is 0 Å². The van der Waals surface area contributed by atoms with Crippen LogP contribution in [-0.2, 0) is 0 Å². The van der Waals surface area contributed by atoms with Crippen molar-refractivity contribution in [1.29, 1.82) is 0 Å². The summed E-state index contributed by atoms with van der Waals surface area (Å²) in [5.74, 6) is 1.19. The zero-order valence-electron chi connectivity index (χ0n) is 8.50. The lowest BCUT2D eigenvalue weighted by molar-refractivity contribution is -0.164. The van der Waals surface area contributed by atoms with E-state index in [9.17, 15) is 10.2 Å². The lowest BCUT2D eigenvalue weighted by atomic mass is 9.61. The number of aliphatic hydroxyl groups excluding tert-OH is 1. The number of fused-ring (bicyclic) bond motifs is 2. The molecule has 0 aromatic heterocycles. The van der Waals surface area contributed by atoms with Crippen molar-refractivity contribution in [2.24, 2.45) is 17.3 Å². The average Bonchev–Trinajstić information content (AvgIpc) is 2.62. The van der Waals surface area contributed by atoms with Crippen LogP contribution in [-0.4, -0.2) is 35.5 Å². The Kier molecular flexibility index (Phi) is 1.77. The van der Waals surface area contributed by atoms with Crippen molar-refractivity contribution >= 4 is 0 Å². The zero-order valence-corrected chi connectivity index (χ0v) is 8.50. The maximum Gasteiger partial charge on any atom is 0.0780 e. The molecule has 3 rings (SSSR count). The van der Waals surface area contributed by atoms with Gasteiger partial charge < -0.3 is 15.5 Å². The molecule has 3 unspecified atom stereocenters. The van der Waals surface area contributed by atoms with Crippen LogP contribution in [0.25, 0.3) is 0 Å². The van der Waals surface area contributed by atoms with E-state index in [1.165, 1.54) is 19.3 Å². The first-order valence-electron chi connectivity index (χ1n) is 5.74. The summed E-state index contributed by atoms with van der Waals surface area (Å²) in [6.07, 6.45) is 4.59. The third-order valence-corrected chi connectivity index (χ3v) is 4.96. The number of nitrogens with one attached hydrogen (secondary N) is 1. The van der Waals surface area contributed by atoms with E-state index in [1.54, 1.807) is 0 Å². The Morgan fingerprint density at radius 1 is 1.29 bits per heavy atom. The Bertz CT molecular complexity index is 246. The molecule has 1 saturated heterocycles. The summed E-state index contributed by atoms with van der Waals surface area (Å²) in [5, 5.41) is 23.4. The van der Waals surface area contributed by atoms with Crippen molar-refractivity contribution in [3.05, 3.63) is 0 Å². The molecule has 1 aliphatic heterocycles. The smallest absolute Gasteiger partial charge is 0.0780 e. The van der Waals surface area contributed by atoms with Crippen molar-refractivity contribution in [2.45, 2.75) is 31.3 Å². The second-order valence-corrected chi connectivity index (χ2v) is 5.55. The monoisotopic (exact) mass is 197 g/mol. The quantitative estimate of drug-likeness (QED) is 0.589. The first-order chi connectivity index (χ1) is 6.70. The fourth-order valence-corrected chi connectivity index (χ4v) is 3.93. The number of rotatable bonds is 2. The molecule has 3 N–H and O–H groups in total. The molecule has 14 heavy (non-hydrogen) atoms. The van der Waals surface area contributed by atoms with E-state index < -0.39 is 5.60 Å². The minimum absolute atomic E-state index is 0.139. The van der Waals surface area contributed by atoms with Gasteiger partial charge in [-0.2, -0.15) is 0 Å². The first-order valence-corrected chi connectivity index (χ1v) is 5.74. The molecular formula is C11H19NO2. The Morgan fingerprint density at radius 3 is 2.43 bits per heavy atom. The largest absolute Gasteiger partial charge is 0.396 e. The maximum atomic E-state index is 10.8. The van der Waals surface area contributed by atoms with Gasteiger partial charge in [0.2, 0.25) is 0 Å². The summed E-state index contributed by atoms with van der Waals surface area (Å²) in [6, 6.07) is 0. The third kappa shape index (κ3) is 0.884. The fraction of sp³-hybridized carbons (Fsp3) is 1.00. The van der Waals surface area contributed by atoms with Gasteiger partial charge in [-0.05, 0) is 37.5 Å². The summed E-state index contributed by atoms with van der Waals surface area (Å²) in [5.41, 5.74) is -0.775. The van der Waals surface area contributed by atoms with Crippen LogP contribution < -0.4 is 5.32 Å². The van der Waals surface area contributed by atoms with Crippen LogP contribution in [0.3, 0.4) is 0 Å². The lowest BCUT2D eigenvalue weighted by Crippen LogP contribution is -2.69. The molecule has 3 aliphatic rings. The molecule has 0 amide bonds. The van der Waals surface area contributed by atoms with Crippen molar-refractivity contribution in [3.8, 4) is 0 Å². The molecule has 3 heteroatoms. The second-order valence-electron chi connectivity index (χ2n) is 5.55. The van der Waals surface area contributed by atoms with Crippen LogP contribution in [0.5, 0.6) is 0 Å². The summed E-state index contributed by atoms with van der Waals surface area (Å²) < 4.78 is 0. The van der Waals surface area contributed by atoms with Gasteiger partial charge in [0.05, 0.1) is 12.2 Å². The van der Waals surface area contributed by atoms with Crippen molar-refractivity contribution in [3.63, 3.8) is 0 Å². The van der Waals surface area contributed by atoms with Crippen LogP contribution in [0.1, 0.15) is 25.7 Å². The van der Waals surface area contributed by atoms with E-state index in [0.717, 1.165) is 25.4 Å². The second kappa shape index (κ2) is 2.71. The molecule has 1 heterocycles. The zero-order chi connectivity index (χ0) is 9.81. The number of hydrogen-bond donors (Lipinski definition) is 3. The molecule has 3 fully saturated rings. The van der Waals surface area contributed by atoms with E-state index in [2.05, 4.69) is 5.32 Å². The van der Waals surface area contributed by atoms with Crippen molar-refractivity contribution in [2.75, 3.05) is 19.7 Å². The standard InChI is InChI=1S/C11H19NO2/c13-7-10(5-12-6-10)11(14)4-8-1-2-9(11)3-8/h8-9,12-14H,1-7H2. The molecule has 3 nitrogen and oxygen atoms in total. The predicted molar refractivity (Wildman–Crippen MR) is 52.8 cm³/mol. The highest BCUT2D eigenvalue weighted by Crippen LogP contribution is 2.58. The van der Waals surface area contributed by atoms with Gasteiger partial charge >= 0.3 is 0 Å². The highest BCUT2D eigenvalue weighted by Gasteiger charge is 2.62. The molecule has 2 aliphatic carbocycles. The lowest BCUT2D eigenvalue weighted by Gasteiger charge is -2.54. The highest BCUT2D eigenvalue weighted by molar-refractivity contribution is 5.15. The van der Waals surface area contributed by atoms with E-state index in [1.807, 2.05) is 0 Å². The van der Waals surface area contributed by atoms with Crippen LogP contribution >= 0.6 is 0 Å². The fourth-order valence-electron chi connectivity index (χ4n) is 3.93. The SMILES string of the molecule is OCC1(C2(O)CC3CCC2C3)CNC1. The molecular weight excluding hydrogens is 178 g/mol. The maximum absolute atomic E-state index is 10.8. The molecule has 3 atom stereocenters. The first kappa shape index (κ1) is 9.13. The minimum Gasteiger partial charge on any atom is -0.396 e. The molecule has 2 bridgehead atoms. The Hall–Kier alpha value is -0.120. The van der Waals surface area contributed by atoms with Crippen LogP contribution in [0.2, 0.25) is 0 Å². The number of aliphatic hydroxyl groups is 2. The summed E-state index contributed by atoms with van der Waals surface area (Å²) >= 11 is 0. The Balaban J connectivity index is 1.89. The van der Waals surface area contributed by atoms with Crippen LogP contribution in [0, 0.1) is 17.3 Å². The molecule has 0 aromatic carbocycles. The summed E-state index contributed by atoms with van der Waals surface area (Å²) in [6.45, 7) is 1.73. The van der Waals surface area contributed by atoms with Gasteiger partial charge in [-0.3, -0.25) is 0 Å². The molecule has 2 saturated carbocycles. The summed E-state index contributed by atoms with van der Waals surface area (Å²) in [4.78, 5) is 0. The molecule has 80 valence electrons. The molecule has 0 aromatic rings. The highest BCUT2D eigenvalue weighted by atomic mass is 16.3. The van der Waals surface area contributed by atoms with Crippen LogP contribution in [0.15, 0.2) is 0 Å². The third-order valence-electron chi connectivity index (χ3n) is 4.96. The molecule has 0 radical (unpaired) electrons. The van der Waals surface area contributed by atoms with Gasteiger partial charge in [0.15, 0.2) is 0 Å². The Morgan fingerprint density at radius 2 is 2.07 bits per heavy atom. The van der Waals surface area contributed by atoms with Gasteiger partial charge in [0, 0.05) is 18.5 Å². The summed E-state index contributed by atoms with van der Waals surface area (Å²) in [7, 11) is 0. The van der Waals surface area contributed by atoms with Crippen LogP contribution in [0.4, 0.5) is 0 Å². The van der Waals surface area contributed by atoms with Gasteiger partial charge in [0.1, 0.15) is 0 Å². The normalized spacial score (nSPS) is 49.3. The van der Waals surface area contributed by atoms with Crippen molar-refractivity contribution in [1.82, 2.24) is 5.32 Å². The topological polar surface area (TPSA) is 52.5 Å². The van der Waals surface area contributed by atoms with E-state index in [-0.39, 0.29) is 12.0 Å². The van der Waals surface area contributed by atoms with Gasteiger partial charge in [0.25, 0.3) is 0 Å².